The first-order chi connectivity index (χ1) is 9.81. The van der Waals surface area contributed by atoms with Crippen molar-refractivity contribution in [3.05, 3.63) is 60.5 Å². The third kappa shape index (κ3) is 2.77. The van der Waals surface area contributed by atoms with Gasteiger partial charge in [-0.05, 0) is 17.7 Å². The molecule has 1 amide bonds. The molecule has 0 saturated carbocycles. The minimum absolute atomic E-state index is 0.233. The van der Waals surface area contributed by atoms with Crippen LogP contribution in [0.3, 0.4) is 0 Å². The molecule has 0 radical (unpaired) electrons. The van der Waals surface area contributed by atoms with Gasteiger partial charge in [-0.3, -0.25) is 5.32 Å². The summed E-state index contributed by atoms with van der Waals surface area (Å²) in [6.07, 6.45) is 0.857. The van der Waals surface area contributed by atoms with Crippen LogP contribution in [0.2, 0.25) is 0 Å². The quantitative estimate of drug-likeness (QED) is 0.788. The standard InChI is InChI=1S/C15H12N2O3/c18-15(19-9-11-4-2-1-3-5-11)17-12-6-7-13-14(8-12)20-10-16-13/h1-8,10H,9H2,(H,17,18). The molecule has 0 aliphatic rings. The Balaban J connectivity index is 1.61. The smallest absolute Gasteiger partial charge is 0.411 e. The third-order valence-electron chi connectivity index (χ3n) is 2.79. The first-order valence-electron chi connectivity index (χ1n) is 6.12. The number of anilines is 1. The number of aromatic nitrogens is 1. The van der Waals surface area contributed by atoms with Crippen LogP contribution in [-0.4, -0.2) is 11.1 Å². The Morgan fingerprint density at radius 2 is 2.05 bits per heavy atom. The molecular weight excluding hydrogens is 256 g/mol. The van der Waals surface area contributed by atoms with E-state index in [0.29, 0.717) is 11.3 Å². The average molecular weight is 268 g/mol. The Hall–Kier alpha value is -2.82. The van der Waals surface area contributed by atoms with Crippen LogP contribution in [0.15, 0.2) is 59.3 Å². The Morgan fingerprint density at radius 1 is 1.20 bits per heavy atom. The van der Waals surface area contributed by atoms with Gasteiger partial charge in [-0.1, -0.05) is 30.3 Å². The van der Waals surface area contributed by atoms with Gasteiger partial charge >= 0.3 is 6.09 Å². The fourth-order valence-corrected chi connectivity index (χ4v) is 1.81. The highest BCUT2D eigenvalue weighted by molar-refractivity contribution is 5.87. The minimum Gasteiger partial charge on any atom is -0.444 e. The predicted octanol–water partition coefficient (Wildman–Crippen LogP) is 3.58. The number of nitrogens with one attached hydrogen (secondary N) is 1. The van der Waals surface area contributed by atoms with Crippen LogP contribution >= 0.6 is 0 Å². The number of rotatable bonds is 3. The maximum atomic E-state index is 11.7. The van der Waals surface area contributed by atoms with E-state index < -0.39 is 6.09 Å². The number of fused-ring (bicyclic) bond motifs is 1. The van der Waals surface area contributed by atoms with Crippen molar-refractivity contribution in [1.29, 1.82) is 0 Å². The number of ether oxygens (including phenoxy) is 1. The zero-order valence-corrected chi connectivity index (χ0v) is 10.6. The summed E-state index contributed by atoms with van der Waals surface area (Å²) in [5.41, 5.74) is 2.90. The average Bonchev–Trinajstić information content (AvgIpc) is 2.94. The molecule has 0 saturated heterocycles. The van der Waals surface area contributed by atoms with Crippen molar-refractivity contribution in [3.63, 3.8) is 0 Å². The van der Waals surface area contributed by atoms with Crippen LogP contribution in [0.4, 0.5) is 10.5 Å². The zero-order valence-electron chi connectivity index (χ0n) is 10.6. The minimum atomic E-state index is -0.507. The molecule has 0 fully saturated rings. The fourth-order valence-electron chi connectivity index (χ4n) is 1.81. The van der Waals surface area contributed by atoms with Gasteiger partial charge in [-0.15, -0.1) is 0 Å². The van der Waals surface area contributed by atoms with E-state index in [2.05, 4.69) is 10.3 Å². The molecule has 5 heteroatoms. The van der Waals surface area contributed by atoms with Crippen molar-refractivity contribution in [1.82, 2.24) is 4.98 Å². The summed E-state index contributed by atoms with van der Waals surface area (Å²) in [7, 11) is 0. The van der Waals surface area contributed by atoms with Crippen molar-refractivity contribution in [2.45, 2.75) is 6.61 Å². The van der Waals surface area contributed by atoms with E-state index in [1.165, 1.54) is 6.39 Å². The Morgan fingerprint density at radius 3 is 2.90 bits per heavy atom. The van der Waals surface area contributed by atoms with E-state index >= 15 is 0 Å². The van der Waals surface area contributed by atoms with Crippen molar-refractivity contribution in [2.24, 2.45) is 0 Å². The van der Waals surface area contributed by atoms with Crippen LogP contribution in [0, 0.1) is 0 Å². The van der Waals surface area contributed by atoms with Gasteiger partial charge in [0, 0.05) is 11.8 Å². The summed E-state index contributed by atoms with van der Waals surface area (Å²) in [4.78, 5) is 15.7. The number of amides is 1. The highest BCUT2D eigenvalue weighted by atomic mass is 16.5. The summed E-state index contributed by atoms with van der Waals surface area (Å²) < 4.78 is 10.3. The topological polar surface area (TPSA) is 64.4 Å². The summed E-state index contributed by atoms with van der Waals surface area (Å²) in [6.45, 7) is 0.233. The molecule has 3 aromatic rings. The number of nitrogens with zero attached hydrogens (tertiary/aromatic N) is 1. The van der Waals surface area contributed by atoms with Crippen LogP contribution < -0.4 is 5.32 Å². The number of hydrogen-bond acceptors (Lipinski definition) is 4. The number of benzene rings is 2. The van der Waals surface area contributed by atoms with Crippen molar-refractivity contribution in [3.8, 4) is 0 Å². The second-order valence-corrected chi connectivity index (χ2v) is 4.22. The summed E-state index contributed by atoms with van der Waals surface area (Å²) in [6, 6.07) is 14.7. The van der Waals surface area contributed by atoms with Crippen LogP contribution in [-0.2, 0) is 11.3 Å². The monoisotopic (exact) mass is 268 g/mol. The molecule has 1 heterocycles. The lowest BCUT2D eigenvalue weighted by molar-refractivity contribution is 0.155. The molecular formula is C15H12N2O3. The molecule has 3 rings (SSSR count). The van der Waals surface area contributed by atoms with E-state index in [0.717, 1.165) is 11.1 Å². The number of carbonyl (C=O) groups excluding carboxylic acids is 1. The SMILES string of the molecule is O=C(Nc1ccc2ncoc2c1)OCc1ccccc1. The molecule has 20 heavy (non-hydrogen) atoms. The highest BCUT2D eigenvalue weighted by Crippen LogP contribution is 2.18. The first kappa shape index (κ1) is 12.2. The summed E-state index contributed by atoms with van der Waals surface area (Å²) in [5.74, 6) is 0. The number of oxazole rings is 1. The molecule has 0 unspecified atom stereocenters. The van der Waals surface area contributed by atoms with Gasteiger partial charge in [0.1, 0.15) is 12.1 Å². The Kier molecular flexibility index (Phi) is 3.33. The maximum Gasteiger partial charge on any atom is 0.411 e. The molecule has 0 atom stereocenters. The Labute approximate surface area is 115 Å². The van der Waals surface area contributed by atoms with Gasteiger partial charge in [0.05, 0.1) is 0 Å². The van der Waals surface area contributed by atoms with E-state index in [1.807, 2.05) is 30.3 Å². The molecule has 2 aromatic carbocycles. The Bertz CT molecular complexity index is 722. The van der Waals surface area contributed by atoms with Crippen LogP contribution in [0.25, 0.3) is 11.1 Å². The highest BCUT2D eigenvalue weighted by Gasteiger charge is 2.06. The molecule has 1 aromatic heterocycles. The van der Waals surface area contributed by atoms with Crippen molar-refractivity contribution in [2.75, 3.05) is 5.32 Å². The molecule has 0 spiro atoms. The molecule has 0 bridgehead atoms. The summed E-state index contributed by atoms with van der Waals surface area (Å²) >= 11 is 0. The molecule has 0 aliphatic heterocycles. The second kappa shape index (κ2) is 5.44. The van der Waals surface area contributed by atoms with E-state index in [-0.39, 0.29) is 6.61 Å². The van der Waals surface area contributed by atoms with Gasteiger partial charge < -0.3 is 9.15 Å². The van der Waals surface area contributed by atoms with Gasteiger partial charge in [0.25, 0.3) is 0 Å². The van der Waals surface area contributed by atoms with Crippen LogP contribution in [0.1, 0.15) is 5.56 Å². The maximum absolute atomic E-state index is 11.7. The fraction of sp³-hybridized carbons (Fsp3) is 0.0667. The van der Waals surface area contributed by atoms with E-state index in [4.69, 9.17) is 9.15 Å². The van der Waals surface area contributed by atoms with E-state index in [9.17, 15) is 4.79 Å². The summed E-state index contributed by atoms with van der Waals surface area (Å²) in [5, 5.41) is 2.65. The predicted molar refractivity (Wildman–Crippen MR) is 74.3 cm³/mol. The molecule has 0 aliphatic carbocycles. The second-order valence-electron chi connectivity index (χ2n) is 4.22. The molecule has 1 N–H and O–H groups in total. The van der Waals surface area contributed by atoms with Gasteiger partial charge in [-0.25, -0.2) is 9.78 Å². The largest absolute Gasteiger partial charge is 0.444 e. The van der Waals surface area contributed by atoms with Crippen molar-refractivity contribution < 1.29 is 13.9 Å². The number of carbonyl (C=O) groups is 1. The normalized spacial score (nSPS) is 10.4. The van der Waals surface area contributed by atoms with Gasteiger partial charge in [-0.2, -0.15) is 0 Å². The van der Waals surface area contributed by atoms with Gasteiger partial charge in [0.2, 0.25) is 0 Å². The first-order valence-corrected chi connectivity index (χ1v) is 6.12. The lowest BCUT2D eigenvalue weighted by Crippen LogP contribution is -2.13. The lowest BCUT2D eigenvalue weighted by Gasteiger charge is -2.06. The van der Waals surface area contributed by atoms with E-state index in [1.54, 1.807) is 18.2 Å². The number of hydrogen-bond donors (Lipinski definition) is 1. The van der Waals surface area contributed by atoms with Gasteiger partial charge in [0.15, 0.2) is 12.0 Å². The lowest BCUT2D eigenvalue weighted by atomic mass is 10.2. The van der Waals surface area contributed by atoms with Crippen LogP contribution in [0.5, 0.6) is 0 Å². The third-order valence-corrected chi connectivity index (χ3v) is 2.79. The molecule has 100 valence electrons. The zero-order chi connectivity index (χ0) is 13.8. The van der Waals surface area contributed by atoms with Crippen molar-refractivity contribution >= 4 is 22.9 Å². The molecule has 5 nitrogen and oxygen atoms in total.